The molecule has 622 valence electrons. The molecule has 0 radical (unpaired) electrons. The number of amides is 13. The summed E-state index contributed by atoms with van der Waals surface area (Å²) in [5.74, 6) is -15.5. The number of carboxylic acids is 1. The fourth-order valence-electron chi connectivity index (χ4n) is 13.6. The molecule has 3 aliphatic rings. The van der Waals surface area contributed by atoms with Crippen LogP contribution in [0.5, 0.6) is 0 Å². The highest BCUT2D eigenvalue weighted by Crippen LogP contribution is 2.44. The van der Waals surface area contributed by atoms with Crippen LogP contribution in [-0.2, 0) is 73.5 Å². The number of alkyl carbamates (subject to hydrolysis) is 1. The van der Waals surface area contributed by atoms with Crippen LogP contribution >= 0.6 is 0 Å². The van der Waals surface area contributed by atoms with E-state index in [-0.39, 0.29) is 109 Å². The summed E-state index contributed by atoms with van der Waals surface area (Å²) in [6.07, 6.45) is -0.237. The number of aliphatic hydroxyl groups excluding tert-OH is 1. The number of hydrogen-bond acceptors (Lipinski definition) is 18. The van der Waals surface area contributed by atoms with Crippen LogP contribution in [0.2, 0.25) is 0 Å². The Balaban J connectivity index is 1.22. The van der Waals surface area contributed by atoms with E-state index in [0.717, 1.165) is 32.5 Å². The number of aromatic amines is 1. The molecule has 3 heterocycles. The Morgan fingerprint density at radius 3 is 1.77 bits per heavy atom. The van der Waals surface area contributed by atoms with E-state index in [0.29, 0.717) is 22.4 Å². The van der Waals surface area contributed by atoms with Crippen LogP contribution in [-0.4, -0.2) is 221 Å². The monoisotopic (exact) mass is 1600 g/mol. The highest BCUT2D eigenvalue weighted by Gasteiger charge is 2.42. The summed E-state index contributed by atoms with van der Waals surface area (Å²) in [7, 11) is 0. The van der Waals surface area contributed by atoms with E-state index < -0.39 is 187 Å². The summed E-state index contributed by atoms with van der Waals surface area (Å²) < 4.78 is 5.62. The van der Waals surface area contributed by atoms with Crippen molar-refractivity contribution in [1.29, 1.82) is 10.8 Å². The lowest BCUT2D eigenvalue weighted by atomic mass is 9.93. The minimum Gasteiger partial charge on any atom is -0.481 e. The van der Waals surface area contributed by atoms with Crippen LogP contribution in [0.25, 0.3) is 22.0 Å². The van der Waals surface area contributed by atoms with E-state index in [1.165, 1.54) is 6.92 Å². The number of fused-ring (bicyclic) bond motifs is 5. The number of ether oxygens (including phenoxy) is 1. The zero-order valence-electron chi connectivity index (χ0n) is 65.3. The molecule has 12 atom stereocenters. The van der Waals surface area contributed by atoms with Crippen LogP contribution in [0.3, 0.4) is 0 Å². The minimum atomic E-state index is -2.01. The summed E-state index contributed by atoms with van der Waals surface area (Å²) in [6, 6.07) is 6.69. The van der Waals surface area contributed by atoms with Gasteiger partial charge >= 0.3 is 12.1 Å². The second kappa shape index (κ2) is 43.6. The molecule has 37 nitrogen and oxygen atoms in total. The Morgan fingerprint density at radius 2 is 1.17 bits per heavy atom. The Bertz CT molecular complexity index is 4210. The third kappa shape index (κ3) is 27.4. The second-order valence-electron chi connectivity index (χ2n) is 29.4. The SMILES string of the molecule is CC(C)=CC[C@H](NC(=O)CNC(=O)OCC1c2ccccc2-c2ccccc21)C(=O)N[C@H]1CC(C)CC[C@@H](C(N)=O)NC(=O)[C@H](CCCNC(=N)N)NC(=O)[C@H](Cc2cc3ccccc3[nH]2)NC(=O)[C@H](C)NC(=O)[C@H](CC=C(C)C)NC(=O)[C@H](CCCNC(=N)N)NC(=O)C2CCCN2C(=O)[C@H](CC(=O)O)NC(=O)[C@H](CO)NC1=O. The molecule has 0 bridgehead atoms. The number of guanidine groups is 2. The molecule has 1 aromatic heterocycles. The molecule has 13 amide bonds. The molecule has 24 N–H and O–H groups in total. The number of nitrogens with one attached hydrogen (secondary N) is 16. The molecular weight excluding hydrogens is 1490 g/mol. The third-order valence-electron chi connectivity index (χ3n) is 19.7. The maximum Gasteiger partial charge on any atom is 0.407 e. The first kappa shape index (κ1) is 89.8. The van der Waals surface area contributed by atoms with Gasteiger partial charge < -0.3 is 111 Å². The van der Waals surface area contributed by atoms with Crippen LogP contribution < -0.4 is 86.3 Å². The summed E-state index contributed by atoms with van der Waals surface area (Å²) in [6.45, 7) is 7.67. The van der Waals surface area contributed by atoms with Gasteiger partial charge in [0.1, 0.15) is 79.6 Å². The highest BCUT2D eigenvalue weighted by atomic mass is 16.5. The number of para-hydroxylation sites is 1. The third-order valence-corrected chi connectivity index (χ3v) is 19.7. The van der Waals surface area contributed by atoms with Crippen LogP contribution in [0, 0.1) is 16.7 Å². The first-order chi connectivity index (χ1) is 54.7. The van der Waals surface area contributed by atoms with E-state index in [2.05, 4.69) is 74.1 Å². The molecule has 4 aromatic rings. The number of carbonyl (C=O) groups is 14. The highest BCUT2D eigenvalue weighted by molar-refractivity contribution is 6.01. The van der Waals surface area contributed by atoms with E-state index in [4.69, 9.17) is 32.8 Å². The van der Waals surface area contributed by atoms with Crippen molar-refractivity contribution < 1.29 is 82.1 Å². The number of allylic oxidation sites excluding steroid dienone is 2. The van der Waals surface area contributed by atoms with Gasteiger partial charge in [-0.25, -0.2) is 4.79 Å². The van der Waals surface area contributed by atoms with Crippen molar-refractivity contribution in [3.8, 4) is 11.1 Å². The number of rotatable bonds is 25. The average molecular weight is 1600 g/mol. The molecule has 3 aromatic carbocycles. The number of carbonyl (C=O) groups excluding carboxylic acids is 13. The van der Waals surface area contributed by atoms with Crippen molar-refractivity contribution in [1.82, 2.24) is 79.0 Å². The van der Waals surface area contributed by atoms with Gasteiger partial charge in [-0.1, -0.05) is 97.0 Å². The molecule has 2 unspecified atom stereocenters. The topological polar surface area (TPSA) is 590 Å². The van der Waals surface area contributed by atoms with Crippen LogP contribution in [0.15, 0.2) is 102 Å². The fourth-order valence-corrected chi connectivity index (χ4v) is 13.6. The number of aromatic nitrogens is 1. The Morgan fingerprint density at radius 1 is 0.626 bits per heavy atom. The smallest absolute Gasteiger partial charge is 0.407 e. The number of H-pyrrole nitrogens is 1. The number of hydrogen-bond donors (Lipinski definition) is 21. The number of benzene rings is 3. The first-order valence-electron chi connectivity index (χ1n) is 38.2. The zero-order valence-corrected chi connectivity index (χ0v) is 65.3. The van der Waals surface area contributed by atoms with E-state index in [1.54, 1.807) is 77.1 Å². The Labute approximate surface area is 664 Å². The maximum absolute atomic E-state index is 14.9. The molecule has 2 saturated heterocycles. The van der Waals surface area contributed by atoms with Gasteiger partial charge in [0.15, 0.2) is 11.9 Å². The molecule has 0 saturated carbocycles. The predicted molar refractivity (Wildman–Crippen MR) is 423 cm³/mol. The maximum atomic E-state index is 14.9. The van der Waals surface area contributed by atoms with E-state index >= 15 is 0 Å². The largest absolute Gasteiger partial charge is 0.481 e. The summed E-state index contributed by atoms with van der Waals surface area (Å²) in [5.41, 5.74) is 23.5. The average Bonchev–Trinajstić information content (AvgIpc) is 1.62. The Kier molecular flexibility index (Phi) is 34.0. The lowest BCUT2D eigenvalue weighted by Gasteiger charge is -2.31. The summed E-state index contributed by atoms with van der Waals surface area (Å²) >= 11 is 0. The zero-order chi connectivity index (χ0) is 84.2. The molecule has 115 heavy (non-hydrogen) atoms. The molecule has 1 aliphatic carbocycles. The number of nitrogens with two attached hydrogens (primary N) is 3. The van der Waals surface area contributed by atoms with Crippen molar-refractivity contribution in [3.05, 3.63) is 119 Å². The number of carboxylic acid groups (broad SMARTS) is 1. The molecule has 0 spiro atoms. The van der Waals surface area contributed by atoms with Gasteiger partial charge in [0, 0.05) is 43.2 Å². The molecular formula is C78H108N20O17. The summed E-state index contributed by atoms with van der Waals surface area (Å²) in [5, 5.41) is 70.6. The van der Waals surface area contributed by atoms with Gasteiger partial charge in [0.05, 0.1) is 13.0 Å². The quantitative estimate of drug-likeness (QED) is 0.0166. The van der Waals surface area contributed by atoms with Crippen LogP contribution in [0.1, 0.15) is 141 Å². The first-order valence-corrected chi connectivity index (χ1v) is 38.2. The number of aliphatic hydroxyl groups is 1. The van der Waals surface area contributed by atoms with Gasteiger partial charge in [-0.2, -0.15) is 0 Å². The predicted octanol–water partition coefficient (Wildman–Crippen LogP) is -0.881. The molecule has 2 fully saturated rings. The van der Waals surface area contributed by atoms with Crippen molar-refractivity contribution >= 4 is 106 Å². The standard InChI is InChI=1S/C78H108N20O17/c1-41(2)25-28-56(89-63(100)38-86-78(114)115-40-51-49-19-10-8-17-47(49)48-18-9-11-20-50(48)51)70(108)95-58-34-43(5)27-30-53(65(79)103)90-68(106)54(22-13-31-84-76(80)81)91-72(110)59(36-46-35-45-16-7-12-21-52(45)88-46)94-66(104)44(6)87-67(105)57(29-26-42(3)4)92-69(107)55(23-14-32-85-77(82)83)93-74(112)62-24-15-33-98(62)75(113)60(37-64(101)102)96-73(111)61(39-99)97-71(58)109/h7-12,16-21,25-26,35,43-44,51,53-62,88,99H,13-15,22-24,27-34,36-40H2,1-6H3,(H2,79,103)(H,86,114)(H,87,105)(H,89,100)(H,90,106)(H,91,110)(H,92,107)(H,93,112)(H,94,104)(H,95,108)(H,96,111)(H,97,109)(H,101,102)(H4,80,81,84)(H4,82,83,85)/t43?,44-,53-,54-,55-,56-,57-,58-,59-,60-,61-,62?/m0/s1. The van der Waals surface area contributed by atoms with Crippen molar-refractivity contribution in [3.63, 3.8) is 0 Å². The number of primary amides is 1. The molecule has 37 heteroatoms. The van der Waals surface area contributed by atoms with E-state index in [1.807, 2.05) is 48.5 Å². The normalized spacial score (nSPS) is 22.7. The number of aliphatic carboxylic acids is 1. The minimum absolute atomic E-state index is 0.0171. The van der Waals surface area contributed by atoms with E-state index in [9.17, 15) is 77.3 Å². The molecule has 2 aliphatic heterocycles. The summed E-state index contributed by atoms with van der Waals surface area (Å²) in [4.78, 5) is 204. The van der Waals surface area contributed by atoms with Crippen molar-refractivity contribution in [2.45, 2.75) is 197 Å². The van der Waals surface area contributed by atoms with Gasteiger partial charge in [0.2, 0.25) is 70.9 Å². The lowest BCUT2D eigenvalue weighted by Crippen LogP contribution is -2.61. The van der Waals surface area contributed by atoms with Crippen LogP contribution in [0.4, 0.5) is 4.79 Å². The number of nitrogens with zero attached hydrogens (tertiary/aromatic N) is 1. The second-order valence-corrected chi connectivity index (χ2v) is 29.4. The van der Waals surface area contributed by atoms with Gasteiger partial charge in [-0.15, -0.1) is 0 Å². The fraction of sp³-hybridized carbons (Fsp3) is 0.487. The van der Waals surface area contributed by atoms with Gasteiger partial charge in [0.25, 0.3) is 0 Å². The van der Waals surface area contributed by atoms with Crippen molar-refractivity contribution in [2.24, 2.45) is 23.1 Å². The van der Waals surface area contributed by atoms with Gasteiger partial charge in [-0.05, 0) is 151 Å². The van der Waals surface area contributed by atoms with Gasteiger partial charge in [-0.3, -0.25) is 73.1 Å². The lowest BCUT2D eigenvalue weighted by molar-refractivity contribution is -0.146. The van der Waals surface area contributed by atoms with Crippen molar-refractivity contribution in [2.75, 3.05) is 39.4 Å². The molecule has 7 rings (SSSR count). The Hall–Kier alpha value is -12.4.